The minimum absolute atomic E-state index is 0. The zero-order valence-corrected chi connectivity index (χ0v) is 50.3. The number of anilines is 4. The third-order valence-corrected chi connectivity index (χ3v) is 14.7. The molecule has 0 radical (unpaired) electrons. The molecule has 0 saturated heterocycles. The smallest absolute Gasteiger partial charge is 0.0934 e. The van der Waals surface area contributed by atoms with Crippen LogP contribution < -0.4 is 10.6 Å². The Labute approximate surface area is 525 Å². The third-order valence-electron chi connectivity index (χ3n) is 14.1. The molecule has 14 rings (SSSR count). The second kappa shape index (κ2) is 28.4. The molecule has 86 heavy (non-hydrogen) atoms. The predicted molar refractivity (Wildman–Crippen MR) is 357 cm³/mol. The Morgan fingerprint density at radius 2 is 0.512 bits per heavy atom. The fourth-order valence-electron chi connectivity index (χ4n) is 9.97. The van der Waals surface area contributed by atoms with Gasteiger partial charge >= 0.3 is 0 Å². The average Bonchev–Trinajstić information content (AvgIpc) is 4.00. The predicted octanol–water partition coefficient (Wildman–Crippen LogP) is 19.9. The van der Waals surface area contributed by atoms with E-state index in [0.29, 0.717) is 0 Å². The van der Waals surface area contributed by atoms with E-state index >= 15 is 0 Å². The van der Waals surface area contributed by atoms with E-state index in [4.69, 9.17) is 21.0 Å². The Morgan fingerprint density at radius 1 is 0.279 bits per heavy atom. The molecular formula is C76H60BrN8Pd-. The Hall–Kier alpha value is -10.2. The Balaban J connectivity index is 0.000000205. The summed E-state index contributed by atoms with van der Waals surface area (Å²) in [6.45, 7) is 0. The van der Waals surface area contributed by atoms with Gasteiger partial charge < -0.3 is 18.1 Å². The van der Waals surface area contributed by atoms with Gasteiger partial charge in [0.05, 0.1) is 51.2 Å². The molecule has 8 nitrogen and oxygen atoms in total. The van der Waals surface area contributed by atoms with Crippen LogP contribution in [0.1, 0.15) is 0 Å². The van der Waals surface area contributed by atoms with Crippen LogP contribution in [0.5, 0.6) is 0 Å². The molecule has 2 N–H and O–H groups in total. The molecule has 0 fully saturated rings. The molecule has 422 valence electrons. The number of para-hydroxylation sites is 2. The Kier molecular flexibility index (Phi) is 19.5. The maximum atomic E-state index is 5.36. The van der Waals surface area contributed by atoms with Crippen LogP contribution in [-0.2, 0) is 20.4 Å². The molecule has 0 spiro atoms. The van der Waals surface area contributed by atoms with Gasteiger partial charge in [0.1, 0.15) is 0 Å². The minimum atomic E-state index is 0. The van der Waals surface area contributed by atoms with Crippen molar-refractivity contribution in [1.29, 1.82) is 0 Å². The van der Waals surface area contributed by atoms with Gasteiger partial charge in [-0.2, -0.15) is 15.3 Å². The van der Waals surface area contributed by atoms with Crippen molar-refractivity contribution < 1.29 is 20.4 Å². The minimum Gasteiger partial charge on any atom is -0.399 e. The first-order valence-electron chi connectivity index (χ1n) is 27.7. The van der Waals surface area contributed by atoms with E-state index in [-0.39, 0.29) is 27.8 Å². The molecule has 11 aromatic carbocycles. The standard InChI is InChI=1S/C48H35N5.C21H15BrN2.C6H7N.CH3.Pd/c1-6-16-36(17-7-1)45-34-47(38-20-10-3-11-21-38)52(49-45)43-30-26-41(27-31-43)51(40-24-14-5-15-25-40)42-28-32-44(33-29-42)53-48(39-22-12-4-13-23-39)35-46(50-53)37-18-8-2-9-19-37;22-18-11-13-19(14-12-18)24-21(17-9-5-2-6-10-17)15-20(23-24)16-7-3-1-4-8-16;7-6-4-2-1-3-5-6;;/h1-35H;1-15H;1-5H,7H2;1H3;/q;;;-1;. The summed E-state index contributed by atoms with van der Waals surface area (Å²) in [6, 6.07) is 114. The van der Waals surface area contributed by atoms with Crippen LogP contribution in [-0.4, -0.2) is 29.3 Å². The number of aromatic nitrogens is 6. The summed E-state index contributed by atoms with van der Waals surface area (Å²) in [5, 5.41) is 15.1. The van der Waals surface area contributed by atoms with Crippen molar-refractivity contribution in [2.45, 2.75) is 0 Å². The molecule has 0 aliphatic carbocycles. The van der Waals surface area contributed by atoms with E-state index in [1.54, 1.807) is 0 Å². The normalized spacial score (nSPS) is 10.5. The average molecular weight is 1270 g/mol. The van der Waals surface area contributed by atoms with Gasteiger partial charge in [-0.1, -0.05) is 234 Å². The van der Waals surface area contributed by atoms with Gasteiger partial charge in [0.15, 0.2) is 0 Å². The van der Waals surface area contributed by atoms with Crippen molar-refractivity contribution in [2.75, 3.05) is 10.6 Å². The molecule has 0 saturated carbocycles. The van der Waals surface area contributed by atoms with E-state index < -0.39 is 0 Å². The second-order valence-corrected chi connectivity index (χ2v) is 20.7. The van der Waals surface area contributed by atoms with Crippen molar-refractivity contribution in [3.05, 3.63) is 346 Å². The summed E-state index contributed by atoms with van der Waals surface area (Å²) in [6.07, 6.45) is 0. The number of rotatable bonds is 12. The Morgan fingerprint density at radius 3 is 0.779 bits per heavy atom. The van der Waals surface area contributed by atoms with E-state index in [1.165, 1.54) is 0 Å². The monoisotopic (exact) mass is 1270 g/mol. The van der Waals surface area contributed by atoms with Crippen molar-refractivity contribution in [3.63, 3.8) is 0 Å². The molecule has 0 bridgehead atoms. The topological polar surface area (TPSA) is 82.7 Å². The van der Waals surface area contributed by atoms with E-state index in [2.05, 4.69) is 257 Å². The molecular weight excluding hydrogens is 1210 g/mol. The summed E-state index contributed by atoms with van der Waals surface area (Å²) in [4.78, 5) is 2.28. The van der Waals surface area contributed by atoms with E-state index in [9.17, 15) is 0 Å². The maximum absolute atomic E-state index is 5.36. The molecule has 0 atom stereocenters. The number of nitrogens with zero attached hydrogens (tertiary/aromatic N) is 7. The summed E-state index contributed by atoms with van der Waals surface area (Å²) in [5.74, 6) is 0. The molecule has 0 aliphatic rings. The maximum Gasteiger partial charge on any atom is 0.0934 e. The quantitative estimate of drug-likeness (QED) is 0.0749. The fraction of sp³-hybridized carbons (Fsp3) is 0. The van der Waals surface area contributed by atoms with Crippen LogP contribution in [0.3, 0.4) is 0 Å². The van der Waals surface area contributed by atoms with E-state index in [1.807, 2.05) is 111 Å². The molecule has 3 heterocycles. The van der Waals surface area contributed by atoms with Crippen LogP contribution >= 0.6 is 15.9 Å². The summed E-state index contributed by atoms with van der Waals surface area (Å²) < 4.78 is 7.15. The van der Waals surface area contributed by atoms with Gasteiger partial charge in [0.25, 0.3) is 0 Å². The SMILES string of the molecule is Brc1ccc(-n2nc(-c3ccccc3)cc2-c2ccccc2)cc1.Nc1ccccc1.[CH3-].[Pd].c1ccc(-c2cc(-c3ccccc3)n(-c3ccc(N(c4ccccc4)c4ccc(-n5nc(-c6ccccc6)cc5-c5ccccc5)cc4)cc3)n2)cc1. The van der Waals surface area contributed by atoms with Crippen LogP contribution in [0.25, 0.3) is 84.6 Å². The van der Waals surface area contributed by atoms with Gasteiger partial charge in [-0.05, 0) is 115 Å². The first-order chi connectivity index (χ1) is 41.5. The first-order valence-corrected chi connectivity index (χ1v) is 28.5. The number of nitrogens with two attached hydrogens (primary N) is 1. The molecule has 14 aromatic rings. The van der Waals surface area contributed by atoms with Gasteiger partial charge in [-0.25, -0.2) is 14.0 Å². The number of benzene rings is 11. The van der Waals surface area contributed by atoms with Gasteiger partial charge in [-0.15, -0.1) is 0 Å². The van der Waals surface area contributed by atoms with Crippen molar-refractivity contribution in [3.8, 4) is 84.6 Å². The molecule has 10 heteroatoms. The third kappa shape index (κ3) is 13.9. The van der Waals surface area contributed by atoms with Crippen molar-refractivity contribution >= 4 is 38.7 Å². The zero-order valence-electron chi connectivity index (χ0n) is 47.2. The van der Waals surface area contributed by atoms with Crippen LogP contribution in [0.4, 0.5) is 22.7 Å². The first kappa shape index (κ1) is 59.0. The summed E-state index contributed by atoms with van der Waals surface area (Å²) in [5.41, 5.74) is 25.0. The second-order valence-electron chi connectivity index (χ2n) is 19.8. The van der Waals surface area contributed by atoms with Crippen molar-refractivity contribution in [2.24, 2.45) is 0 Å². The largest absolute Gasteiger partial charge is 0.399 e. The fourth-order valence-corrected chi connectivity index (χ4v) is 10.2. The summed E-state index contributed by atoms with van der Waals surface area (Å²) in [7, 11) is 0. The van der Waals surface area contributed by atoms with Crippen LogP contribution in [0, 0.1) is 7.43 Å². The number of hydrogen-bond donors (Lipinski definition) is 1. The van der Waals surface area contributed by atoms with Gasteiger partial charge in [0.2, 0.25) is 0 Å². The number of hydrogen-bond acceptors (Lipinski definition) is 5. The molecule has 0 aliphatic heterocycles. The zero-order chi connectivity index (χ0) is 56.9. The van der Waals surface area contributed by atoms with Crippen LogP contribution in [0.2, 0.25) is 0 Å². The van der Waals surface area contributed by atoms with Gasteiger partial charge in [-0.3, -0.25) is 0 Å². The van der Waals surface area contributed by atoms with Crippen molar-refractivity contribution in [1.82, 2.24) is 29.3 Å². The molecule has 0 amide bonds. The van der Waals surface area contributed by atoms with Crippen LogP contribution in [0.15, 0.2) is 338 Å². The van der Waals surface area contributed by atoms with E-state index in [0.717, 1.165) is 112 Å². The number of nitrogen functional groups attached to an aromatic ring is 1. The summed E-state index contributed by atoms with van der Waals surface area (Å²) >= 11 is 3.49. The molecule has 3 aromatic heterocycles. The van der Waals surface area contributed by atoms with Gasteiger partial charge in [0, 0.05) is 81.0 Å². The Bertz CT molecular complexity index is 4150. The molecule has 0 unspecified atom stereocenters. The number of halogens is 1.